The van der Waals surface area contributed by atoms with Crippen molar-refractivity contribution in [3.8, 4) is 5.75 Å². The normalized spacial score (nSPS) is 11.6. The van der Waals surface area contributed by atoms with E-state index in [-0.39, 0.29) is 10.9 Å². The molecule has 0 saturated carbocycles. The van der Waals surface area contributed by atoms with Gasteiger partial charge in [0.25, 0.3) is 0 Å². The molecule has 1 nitrogen and oxygen atoms in total. The highest BCUT2D eigenvalue weighted by Crippen LogP contribution is 2.17. The van der Waals surface area contributed by atoms with Crippen molar-refractivity contribution >= 4 is 13.3 Å². The molecule has 0 bridgehead atoms. The van der Waals surface area contributed by atoms with Crippen LogP contribution in [0.2, 0.25) is 19.6 Å². The first-order chi connectivity index (χ1) is 6.86. The molecule has 1 rings (SSSR count). The van der Waals surface area contributed by atoms with Gasteiger partial charge in [-0.1, -0.05) is 19.6 Å². The molecule has 0 aliphatic carbocycles. The topological polar surface area (TPSA) is 9.23 Å². The van der Waals surface area contributed by atoms with Crippen LogP contribution in [0.15, 0.2) is 12.1 Å². The predicted molar refractivity (Wildman–Crippen MR) is 60.5 cm³/mol. The number of hydrogen-bond acceptors (Lipinski definition) is 1. The maximum Gasteiger partial charge on any atom is 0.129 e. The lowest BCUT2D eigenvalue weighted by molar-refractivity contribution is 0.336. The molecule has 1 aromatic carbocycles. The fourth-order valence-electron chi connectivity index (χ4n) is 1.52. The van der Waals surface area contributed by atoms with Gasteiger partial charge in [0.05, 0.1) is 14.7 Å². The Morgan fingerprint density at radius 2 is 1.60 bits per heavy atom. The molecule has 15 heavy (non-hydrogen) atoms. The first-order valence-electron chi connectivity index (χ1n) is 4.98. The summed E-state index contributed by atoms with van der Waals surface area (Å²) >= 11 is 0. The van der Waals surface area contributed by atoms with Gasteiger partial charge in [0.1, 0.15) is 17.4 Å². The van der Waals surface area contributed by atoms with Crippen LogP contribution >= 0.6 is 0 Å². The van der Waals surface area contributed by atoms with Crippen LogP contribution in [-0.4, -0.2) is 14.7 Å². The fourth-order valence-corrected chi connectivity index (χ4v) is 3.09. The molecule has 0 saturated heterocycles. The lowest BCUT2D eigenvalue weighted by atomic mass is 10.3. The Morgan fingerprint density at radius 1 is 1.13 bits per heavy atom. The summed E-state index contributed by atoms with van der Waals surface area (Å²) in [6.45, 7) is 7.92. The van der Waals surface area contributed by atoms with Gasteiger partial charge in [-0.2, -0.15) is 0 Å². The minimum absolute atomic E-state index is 0.242. The highest BCUT2D eigenvalue weighted by molar-refractivity contribution is 6.88. The van der Waals surface area contributed by atoms with Gasteiger partial charge >= 0.3 is 0 Å². The summed E-state index contributed by atoms with van der Waals surface area (Å²) in [6.07, 6.45) is 0. The molecule has 0 N–H and O–H groups in total. The van der Waals surface area contributed by atoms with Crippen LogP contribution in [0.5, 0.6) is 5.75 Å². The molecule has 0 amide bonds. The lowest BCUT2D eigenvalue weighted by Crippen LogP contribution is -2.42. The van der Waals surface area contributed by atoms with Crippen molar-refractivity contribution in [3.63, 3.8) is 0 Å². The Bertz CT molecular complexity index is 335. The number of halogens is 2. The van der Waals surface area contributed by atoms with Crippen LogP contribution in [0.3, 0.4) is 0 Å². The first-order valence-corrected chi connectivity index (χ1v) is 8.48. The van der Waals surface area contributed by atoms with E-state index in [2.05, 4.69) is 0 Å². The zero-order valence-electron chi connectivity index (χ0n) is 9.53. The van der Waals surface area contributed by atoms with E-state index in [1.165, 1.54) is 12.1 Å². The zero-order chi connectivity index (χ0) is 11.6. The van der Waals surface area contributed by atoms with E-state index in [4.69, 9.17) is 4.74 Å². The third kappa shape index (κ3) is 2.78. The molecule has 0 radical (unpaired) electrons. The summed E-state index contributed by atoms with van der Waals surface area (Å²) in [7, 11) is -1.97. The summed E-state index contributed by atoms with van der Waals surface area (Å²) in [4.78, 5) is 0. The van der Waals surface area contributed by atoms with E-state index < -0.39 is 19.7 Å². The standard InChI is InChI=1S/C11H16F2OSi/c1-5-14-8-6-9(12)11(10(13)7-8)15(2,3)4/h6-7H,5H2,1-4H3. The van der Waals surface area contributed by atoms with Crippen LogP contribution in [-0.2, 0) is 0 Å². The summed E-state index contributed by atoms with van der Waals surface area (Å²) in [5.74, 6) is -0.718. The Balaban J connectivity index is 3.22. The highest BCUT2D eigenvalue weighted by Gasteiger charge is 2.25. The smallest absolute Gasteiger partial charge is 0.129 e. The molecule has 0 atom stereocenters. The van der Waals surface area contributed by atoms with E-state index in [0.717, 1.165) is 0 Å². The van der Waals surface area contributed by atoms with Gasteiger partial charge in [0, 0.05) is 17.3 Å². The van der Waals surface area contributed by atoms with Crippen molar-refractivity contribution in [3.05, 3.63) is 23.8 Å². The second-order valence-electron chi connectivity index (χ2n) is 4.44. The van der Waals surface area contributed by atoms with E-state index in [9.17, 15) is 8.78 Å². The number of ether oxygens (including phenoxy) is 1. The summed E-state index contributed by atoms with van der Waals surface area (Å²) < 4.78 is 32.4. The Hall–Kier alpha value is -0.903. The fraction of sp³-hybridized carbons (Fsp3) is 0.455. The van der Waals surface area contributed by atoms with Gasteiger partial charge in [-0.3, -0.25) is 0 Å². The minimum atomic E-state index is -1.97. The van der Waals surface area contributed by atoms with Gasteiger partial charge in [-0.05, 0) is 6.92 Å². The average molecular weight is 230 g/mol. The van der Waals surface area contributed by atoms with Crippen molar-refractivity contribution in [2.45, 2.75) is 26.6 Å². The van der Waals surface area contributed by atoms with Gasteiger partial charge in [-0.15, -0.1) is 0 Å². The SMILES string of the molecule is CCOc1cc(F)c([Si](C)(C)C)c(F)c1. The van der Waals surface area contributed by atoms with Crippen LogP contribution in [0, 0.1) is 11.6 Å². The summed E-state index contributed by atoms with van der Waals surface area (Å²) in [5, 5.41) is 0.242. The molecule has 0 unspecified atom stereocenters. The predicted octanol–water partition coefficient (Wildman–Crippen LogP) is 2.91. The number of rotatable bonds is 3. The largest absolute Gasteiger partial charge is 0.494 e. The molecule has 0 aliphatic rings. The van der Waals surface area contributed by atoms with E-state index in [1.54, 1.807) is 6.92 Å². The third-order valence-electron chi connectivity index (χ3n) is 2.08. The van der Waals surface area contributed by atoms with Gasteiger partial charge in [0.2, 0.25) is 0 Å². The molecule has 0 spiro atoms. The maximum atomic E-state index is 13.6. The second-order valence-corrected chi connectivity index (χ2v) is 9.44. The minimum Gasteiger partial charge on any atom is -0.494 e. The quantitative estimate of drug-likeness (QED) is 0.725. The number of hydrogen-bond donors (Lipinski definition) is 0. The molecular weight excluding hydrogens is 214 g/mol. The third-order valence-corrected chi connectivity index (χ3v) is 4.05. The molecule has 0 aliphatic heterocycles. The van der Waals surface area contributed by atoms with Crippen LogP contribution in [0.1, 0.15) is 6.92 Å². The Kier molecular flexibility index (Phi) is 3.49. The van der Waals surface area contributed by atoms with Gasteiger partial charge in [0.15, 0.2) is 0 Å². The molecule has 0 heterocycles. The second kappa shape index (κ2) is 4.31. The number of benzene rings is 1. The first kappa shape index (κ1) is 12.2. The van der Waals surface area contributed by atoms with Crippen LogP contribution in [0.25, 0.3) is 0 Å². The Morgan fingerprint density at radius 3 is 1.93 bits per heavy atom. The molecule has 0 aromatic heterocycles. The van der Waals surface area contributed by atoms with Crippen LogP contribution < -0.4 is 9.92 Å². The lowest BCUT2D eigenvalue weighted by Gasteiger charge is -2.19. The molecule has 4 heteroatoms. The summed E-state index contributed by atoms with van der Waals surface area (Å²) in [6, 6.07) is 2.53. The van der Waals surface area contributed by atoms with Gasteiger partial charge in [-0.25, -0.2) is 8.78 Å². The molecule has 0 fully saturated rings. The van der Waals surface area contributed by atoms with E-state index in [0.29, 0.717) is 6.61 Å². The van der Waals surface area contributed by atoms with Crippen molar-refractivity contribution in [2.24, 2.45) is 0 Å². The van der Waals surface area contributed by atoms with Crippen molar-refractivity contribution in [1.82, 2.24) is 0 Å². The molecule has 1 aromatic rings. The van der Waals surface area contributed by atoms with Crippen molar-refractivity contribution < 1.29 is 13.5 Å². The van der Waals surface area contributed by atoms with E-state index in [1.807, 2.05) is 19.6 Å². The molecular formula is C11H16F2OSi. The zero-order valence-corrected chi connectivity index (χ0v) is 10.5. The van der Waals surface area contributed by atoms with Gasteiger partial charge < -0.3 is 4.74 Å². The summed E-state index contributed by atoms with van der Waals surface area (Å²) in [5.41, 5.74) is 0. The highest BCUT2D eigenvalue weighted by atomic mass is 28.3. The maximum absolute atomic E-state index is 13.6. The van der Waals surface area contributed by atoms with Crippen LogP contribution in [0.4, 0.5) is 8.78 Å². The monoisotopic (exact) mass is 230 g/mol. The van der Waals surface area contributed by atoms with E-state index >= 15 is 0 Å². The Labute approximate surface area is 90.1 Å². The molecule has 84 valence electrons. The van der Waals surface area contributed by atoms with Crippen molar-refractivity contribution in [1.29, 1.82) is 0 Å². The van der Waals surface area contributed by atoms with Crippen molar-refractivity contribution in [2.75, 3.05) is 6.61 Å². The average Bonchev–Trinajstić information content (AvgIpc) is 1.99.